The molecule has 1 fully saturated rings. The highest BCUT2D eigenvalue weighted by Gasteiger charge is 2.11. The summed E-state index contributed by atoms with van der Waals surface area (Å²) in [5.41, 5.74) is 3.31. The Bertz CT molecular complexity index is 88.5. The molecule has 1 rings (SSSR count). The van der Waals surface area contributed by atoms with Gasteiger partial charge in [-0.05, 0) is 7.05 Å². The number of nitrogens with one attached hydrogen (secondary N) is 1. The SMILES string of the molecule is CC.CC.CCNN1CCN(C)CC1. The second-order valence-electron chi connectivity index (χ2n) is 2.80. The van der Waals surface area contributed by atoms with Gasteiger partial charge in [-0.15, -0.1) is 0 Å². The van der Waals surface area contributed by atoms with Crippen LogP contribution in [0.25, 0.3) is 0 Å². The van der Waals surface area contributed by atoms with E-state index in [9.17, 15) is 0 Å². The van der Waals surface area contributed by atoms with E-state index < -0.39 is 0 Å². The van der Waals surface area contributed by atoms with Gasteiger partial charge in [-0.2, -0.15) is 0 Å². The summed E-state index contributed by atoms with van der Waals surface area (Å²) in [6.45, 7) is 15.9. The largest absolute Gasteiger partial charge is 0.304 e. The molecule has 0 aliphatic carbocycles. The van der Waals surface area contributed by atoms with Crippen LogP contribution in [0, 0.1) is 0 Å². The molecular formula is C11H29N3. The van der Waals surface area contributed by atoms with E-state index in [-0.39, 0.29) is 0 Å². The zero-order valence-electron chi connectivity index (χ0n) is 10.9. The number of likely N-dealkylation sites (N-methyl/N-ethyl adjacent to an activating group) is 1. The van der Waals surface area contributed by atoms with E-state index in [2.05, 4.69) is 29.3 Å². The molecule has 3 nitrogen and oxygen atoms in total. The summed E-state index contributed by atoms with van der Waals surface area (Å²) >= 11 is 0. The summed E-state index contributed by atoms with van der Waals surface area (Å²) in [4.78, 5) is 2.36. The molecule has 88 valence electrons. The monoisotopic (exact) mass is 203 g/mol. The molecule has 1 aliphatic rings. The van der Waals surface area contributed by atoms with E-state index in [4.69, 9.17) is 0 Å². The molecule has 0 aromatic rings. The maximum Gasteiger partial charge on any atom is 0.0259 e. The molecule has 0 aromatic carbocycles. The Morgan fingerprint density at radius 3 is 1.71 bits per heavy atom. The van der Waals surface area contributed by atoms with Gasteiger partial charge in [0, 0.05) is 32.7 Å². The van der Waals surface area contributed by atoms with Crippen molar-refractivity contribution in [2.75, 3.05) is 39.8 Å². The van der Waals surface area contributed by atoms with E-state index in [1.807, 2.05) is 27.7 Å². The minimum atomic E-state index is 1.05. The van der Waals surface area contributed by atoms with Gasteiger partial charge in [-0.3, -0.25) is 5.43 Å². The maximum atomic E-state index is 3.31. The number of nitrogens with zero attached hydrogens (tertiary/aromatic N) is 2. The molecule has 0 aromatic heterocycles. The summed E-state index contributed by atoms with van der Waals surface area (Å²) in [5, 5.41) is 2.29. The van der Waals surface area contributed by atoms with Crippen LogP contribution in [0.3, 0.4) is 0 Å². The second kappa shape index (κ2) is 12.9. The van der Waals surface area contributed by atoms with Crippen molar-refractivity contribution >= 4 is 0 Å². The minimum absolute atomic E-state index is 1.05. The van der Waals surface area contributed by atoms with Gasteiger partial charge in [0.25, 0.3) is 0 Å². The van der Waals surface area contributed by atoms with Crippen molar-refractivity contribution in [1.29, 1.82) is 0 Å². The van der Waals surface area contributed by atoms with Gasteiger partial charge in [0.2, 0.25) is 0 Å². The summed E-state index contributed by atoms with van der Waals surface area (Å²) < 4.78 is 0. The smallest absolute Gasteiger partial charge is 0.0259 e. The molecule has 1 N–H and O–H groups in total. The van der Waals surface area contributed by atoms with Crippen molar-refractivity contribution in [2.24, 2.45) is 0 Å². The first kappa shape index (κ1) is 16.3. The summed E-state index contributed by atoms with van der Waals surface area (Å²) in [7, 11) is 2.17. The molecule has 1 aliphatic heterocycles. The van der Waals surface area contributed by atoms with Gasteiger partial charge in [0.15, 0.2) is 0 Å². The summed E-state index contributed by atoms with van der Waals surface area (Å²) in [6, 6.07) is 0. The number of piperazine rings is 1. The Morgan fingerprint density at radius 2 is 1.36 bits per heavy atom. The van der Waals surface area contributed by atoms with Gasteiger partial charge < -0.3 is 4.90 Å². The molecule has 3 heteroatoms. The Morgan fingerprint density at radius 1 is 0.929 bits per heavy atom. The molecule has 1 saturated heterocycles. The van der Waals surface area contributed by atoms with Crippen LogP contribution in [0.15, 0.2) is 0 Å². The van der Waals surface area contributed by atoms with E-state index in [0.29, 0.717) is 0 Å². The zero-order chi connectivity index (χ0) is 11.4. The van der Waals surface area contributed by atoms with Crippen molar-refractivity contribution in [3.8, 4) is 0 Å². The molecule has 0 amide bonds. The quantitative estimate of drug-likeness (QED) is 0.738. The predicted octanol–water partition coefficient (Wildman–Crippen LogP) is 1.81. The molecular weight excluding hydrogens is 174 g/mol. The van der Waals surface area contributed by atoms with Crippen LogP contribution in [-0.4, -0.2) is 49.7 Å². The summed E-state index contributed by atoms with van der Waals surface area (Å²) in [6.07, 6.45) is 0. The number of rotatable bonds is 2. The lowest BCUT2D eigenvalue weighted by Crippen LogP contribution is -2.50. The predicted molar refractivity (Wildman–Crippen MR) is 65.4 cm³/mol. The fourth-order valence-corrected chi connectivity index (χ4v) is 1.19. The molecule has 0 bridgehead atoms. The van der Waals surface area contributed by atoms with Crippen molar-refractivity contribution < 1.29 is 0 Å². The highest BCUT2D eigenvalue weighted by Crippen LogP contribution is 1.94. The zero-order valence-corrected chi connectivity index (χ0v) is 10.9. The molecule has 0 saturated carbocycles. The van der Waals surface area contributed by atoms with Gasteiger partial charge in [0.05, 0.1) is 0 Å². The molecule has 1 heterocycles. The van der Waals surface area contributed by atoms with Gasteiger partial charge in [-0.25, -0.2) is 5.01 Å². The normalized spacial score (nSPS) is 17.6. The fourth-order valence-electron chi connectivity index (χ4n) is 1.19. The average molecular weight is 203 g/mol. The van der Waals surface area contributed by atoms with Crippen molar-refractivity contribution in [3.05, 3.63) is 0 Å². The van der Waals surface area contributed by atoms with E-state index in [1.165, 1.54) is 13.1 Å². The van der Waals surface area contributed by atoms with Gasteiger partial charge in [-0.1, -0.05) is 34.6 Å². The molecule has 0 atom stereocenters. The van der Waals surface area contributed by atoms with Crippen LogP contribution >= 0.6 is 0 Å². The van der Waals surface area contributed by atoms with E-state index >= 15 is 0 Å². The third kappa shape index (κ3) is 8.48. The first-order valence-corrected chi connectivity index (χ1v) is 6.00. The Hall–Kier alpha value is -0.120. The highest BCUT2D eigenvalue weighted by atomic mass is 15.5. The molecule has 0 unspecified atom stereocenters. The van der Waals surface area contributed by atoms with E-state index in [0.717, 1.165) is 19.6 Å². The van der Waals surface area contributed by atoms with Gasteiger partial charge in [0.1, 0.15) is 0 Å². The van der Waals surface area contributed by atoms with Crippen molar-refractivity contribution in [2.45, 2.75) is 34.6 Å². The van der Waals surface area contributed by atoms with Gasteiger partial charge >= 0.3 is 0 Å². The number of hydrogen-bond donors (Lipinski definition) is 1. The van der Waals surface area contributed by atoms with E-state index in [1.54, 1.807) is 0 Å². The third-order valence-electron chi connectivity index (χ3n) is 1.88. The highest BCUT2D eigenvalue weighted by molar-refractivity contribution is 4.65. The maximum absolute atomic E-state index is 3.31. The molecule has 0 radical (unpaired) electrons. The molecule has 14 heavy (non-hydrogen) atoms. The summed E-state index contributed by atoms with van der Waals surface area (Å²) in [5.74, 6) is 0. The van der Waals surface area contributed by atoms with Crippen molar-refractivity contribution in [3.63, 3.8) is 0 Å². The van der Waals surface area contributed by atoms with Crippen LogP contribution in [0.5, 0.6) is 0 Å². The average Bonchev–Trinajstić information content (AvgIpc) is 2.28. The lowest BCUT2D eigenvalue weighted by atomic mass is 10.4. The molecule has 0 spiro atoms. The number of hydrogen-bond acceptors (Lipinski definition) is 3. The first-order valence-electron chi connectivity index (χ1n) is 6.00. The van der Waals surface area contributed by atoms with Crippen LogP contribution in [0.2, 0.25) is 0 Å². The standard InChI is InChI=1S/C7H17N3.2C2H6/c1-3-8-10-6-4-9(2)5-7-10;2*1-2/h8H,3-7H2,1-2H3;2*1-2H3. The van der Waals surface area contributed by atoms with Crippen LogP contribution in [0.1, 0.15) is 34.6 Å². The topological polar surface area (TPSA) is 18.5 Å². The second-order valence-corrected chi connectivity index (χ2v) is 2.80. The minimum Gasteiger partial charge on any atom is -0.304 e. The fraction of sp³-hybridized carbons (Fsp3) is 1.00. The lowest BCUT2D eigenvalue weighted by Gasteiger charge is -2.32. The van der Waals surface area contributed by atoms with Crippen LogP contribution < -0.4 is 5.43 Å². The van der Waals surface area contributed by atoms with Crippen LogP contribution in [0.4, 0.5) is 0 Å². The lowest BCUT2D eigenvalue weighted by molar-refractivity contribution is 0.107. The number of hydrazine groups is 1. The van der Waals surface area contributed by atoms with Crippen LogP contribution in [-0.2, 0) is 0 Å². The third-order valence-corrected chi connectivity index (χ3v) is 1.88. The first-order chi connectivity index (χ1) is 6.83. The van der Waals surface area contributed by atoms with Crippen molar-refractivity contribution in [1.82, 2.24) is 15.3 Å². The Kier molecular flexibility index (Phi) is 15.0. The Balaban J connectivity index is 0. The Labute approximate surface area is 90.4 Å².